The molecule has 0 spiro atoms. The van der Waals surface area contributed by atoms with E-state index in [9.17, 15) is 4.79 Å². The number of hydrogen-bond donors (Lipinski definition) is 1. The number of nitrogens with zero attached hydrogens (tertiary/aromatic N) is 5. The Hall–Kier alpha value is -2.46. The quantitative estimate of drug-likeness (QED) is 0.873. The number of rotatable bonds is 5. The maximum atomic E-state index is 12.4. The second-order valence-corrected chi connectivity index (χ2v) is 7.78. The average Bonchev–Trinajstić information content (AvgIpc) is 3.42. The summed E-state index contributed by atoms with van der Waals surface area (Å²) in [5, 5.41) is 16.6. The second-order valence-electron chi connectivity index (χ2n) is 7.78. The van der Waals surface area contributed by atoms with Crippen molar-refractivity contribution in [3.8, 4) is 6.07 Å². The van der Waals surface area contributed by atoms with Crippen LogP contribution in [-0.2, 0) is 11.2 Å². The van der Waals surface area contributed by atoms with Gasteiger partial charge in [0, 0.05) is 43.0 Å². The minimum absolute atomic E-state index is 0.108. The number of aryl methyl sites for hydroxylation is 2. The van der Waals surface area contributed by atoms with Gasteiger partial charge in [-0.3, -0.25) is 4.79 Å². The van der Waals surface area contributed by atoms with Crippen molar-refractivity contribution in [2.75, 3.05) is 13.1 Å². The molecule has 2 aromatic rings. The summed E-state index contributed by atoms with van der Waals surface area (Å²) < 4.78 is 1.70. The van der Waals surface area contributed by atoms with Gasteiger partial charge < -0.3 is 10.2 Å². The molecule has 1 saturated heterocycles. The van der Waals surface area contributed by atoms with E-state index in [1.54, 1.807) is 10.7 Å². The minimum Gasteiger partial charge on any atom is -0.353 e. The molecular weight excluding hydrogens is 340 g/mol. The van der Waals surface area contributed by atoms with Crippen molar-refractivity contribution in [3.05, 3.63) is 28.7 Å². The van der Waals surface area contributed by atoms with E-state index in [-0.39, 0.29) is 5.91 Å². The van der Waals surface area contributed by atoms with Crippen molar-refractivity contribution in [3.63, 3.8) is 0 Å². The number of piperidine rings is 1. The minimum atomic E-state index is 0.108. The second kappa shape index (κ2) is 7.28. The first-order chi connectivity index (χ1) is 13.1. The normalized spacial score (nSPS) is 18.6. The first kappa shape index (κ1) is 17.9. The van der Waals surface area contributed by atoms with Crippen molar-refractivity contribution in [1.82, 2.24) is 24.8 Å². The van der Waals surface area contributed by atoms with Gasteiger partial charge in [-0.05, 0) is 51.5 Å². The molecule has 0 unspecified atom stereocenters. The number of nitriles is 1. The molecule has 2 aliphatic rings. The van der Waals surface area contributed by atoms with E-state index in [0.717, 1.165) is 48.9 Å². The Morgan fingerprint density at radius 2 is 2.04 bits per heavy atom. The molecule has 27 heavy (non-hydrogen) atoms. The maximum absolute atomic E-state index is 12.4. The lowest BCUT2D eigenvalue weighted by atomic mass is 10.0. The van der Waals surface area contributed by atoms with Crippen LogP contribution in [0.4, 0.5) is 0 Å². The fourth-order valence-corrected chi connectivity index (χ4v) is 4.14. The molecule has 0 bridgehead atoms. The highest BCUT2D eigenvalue weighted by atomic mass is 16.1. The van der Waals surface area contributed by atoms with Crippen molar-refractivity contribution >= 4 is 11.6 Å². The lowest BCUT2D eigenvalue weighted by molar-refractivity contribution is -0.122. The Morgan fingerprint density at radius 3 is 2.70 bits per heavy atom. The Labute approximate surface area is 159 Å². The Morgan fingerprint density at radius 1 is 1.30 bits per heavy atom. The third kappa shape index (κ3) is 3.67. The van der Waals surface area contributed by atoms with Crippen LogP contribution in [0, 0.1) is 25.2 Å². The van der Waals surface area contributed by atoms with Crippen LogP contribution < -0.4 is 5.32 Å². The van der Waals surface area contributed by atoms with E-state index in [0.29, 0.717) is 30.1 Å². The zero-order valence-corrected chi connectivity index (χ0v) is 16.0. The first-order valence-electron chi connectivity index (χ1n) is 9.84. The highest BCUT2D eigenvalue weighted by Crippen LogP contribution is 2.29. The molecule has 1 N–H and O–H groups in total. The standard InChI is InChI=1S/C20H26N6O/c1-13-18(14(2)26-20(23-13)15(11-21)12-22-26)5-6-19(27)24-16-7-9-25(10-8-16)17-3-4-17/h12,16-17H,3-10H2,1-2H3,(H,24,27). The monoisotopic (exact) mass is 366 g/mol. The van der Waals surface area contributed by atoms with Gasteiger partial charge in [0.1, 0.15) is 11.6 Å². The molecule has 2 fully saturated rings. The number of amides is 1. The third-order valence-electron chi connectivity index (χ3n) is 5.89. The van der Waals surface area contributed by atoms with Crippen LogP contribution in [0.1, 0.15) is 54.6 Å². The number of fused-ring (bicyclic) bond motifs is 1. The largest absolute Gasteiger partial charge is 0.353 e. The van der Waals surface area contributed by atoms with Gasteiger partial charge in [0.05, 0.1) is 6.20 Å². The number of nitrogens with one attached hydrogen (secondary N) is 1. The smallest absolute Gasteiger partial charge is 0.220 e. The van der Waals surface area contributed by atoms with Crippen LogP contribution >= 0.6 is 0 Å². The molecule has 142 valence electrons. The summed E-state index contributed by atoms with van der Waals surface area (Å²) in [5.74, 6) is 0.108. The average molecular weight is 366 g/mol. The molecule has 4 rings (SSSR count). The molecule has 7 nitrogen and oxygen atoms in total. The van der Waals surface area contributed by atoms with Crippen LogP contribution in [-0.4, -0.2) is 50.6 Å². The summed E-state index contributed by atoms with van der Waals surface area (Å²) in [6.45, 7) is 6.11. The van der Waals surface area contributed by atoms with Crippen molar-refractivity contribution in [1.29, 1.82) is 5.26 Å². The van der Waals surface area contributed by atoms with Gasteiger partial charge in [0.2, 0.25) is 5.91 Å². The highest BCUT2D eigenvalue weighted by Gasteiger charge is 2.32. The van der Waals surface area contributed by atoms with Crippen molar-refractivity contribution in [2.45, 2.75) is 64.5 Å². The summed E-state index contributed by atoms with van der Waals surface area (Å²) in [6, 6.07) is 3.24. The molecule has 3 heterocycles. The summed E-state index contributed by atoms with van der Waals surface area (Å²) in [4.78, 5) is 19.5. The van der Waals surface area contributed by atoms with Gasteiger partial charge >= 0.3 is 0 Å². The first-order valence-corrected chi connectivity index (χ1v) is 9.84. The van der Waals surface area contributed by atoms with Gasteiger partial charge in [-0.2, -0.15) is 10.4 Å². The van der Waals surface area contributed by atoms with E-state index in [1.807, 2.05) is 13.8 Å². The highest BCUT2D eigenvalue weighted by molar-refractivity contribution is 5.76. The number of hydrogen-bond acceptors (Lipinski definition) is 5. The van der Waals surface area contributed by atoms with Crippen molar-refractivity contribution < 1.29 is 4.79 Å². The Balaban J connectivity index is 1.35. The van der Waals surface area contributed by atoms with Gasteiger partial charge in [0.25, 0.3) is 0 Å². The van der Waals surface area contributed by atoms with Crippen LogP contribution in [0.25, 0.3) is 5.65 Å². The lowest BCUT2D eigenvalue weighted by Crippen LogP contribution is -2.45. The van der Waals surface area contributed by atoms with Gasteiger partial charge in [-0.1, -0.05) is 0 Å². The fourth-order valence-electron chi connectivity index (χ4n) is 4.14. The van der Waals surface area contributed by atoms with Gasteiger partial charge in [-0.15, -0.1) is 0 Å². The Bertz CT molecular complexity index is 899. The topological polar surface area (TPSA) is 86.3 Å². The molecule has 0 radical (unpaired) electrons. The Kier molecular flexibility index (Phi) is 4.83. The van der Waals surface area contributed by atoms with E-state index in [2.05, 4.69) is 26.4 Å². The predicted molar refractivity (Wildman–Crippen MR) is 101 cm³/mol. The number of carbonyl (C=O) groups is 1. The molecule has 1 saturated carbocycles. The maximum Gasteiger partial charge on any atom is 0.220 e. The van der Waals surface area contributed by atoms with Crippen molar-refractivity contribution in [2.24, 2.45) is 0 Å². The number of carbonyl (C=O) groups excluding carboxylic acids is 1. The molecule has 1 amide bonds. The van der Waals surface area contributed by atoms with E-state index < -0.39 is 0 Å². The molecule has 0 aromatic carbocycles. The summed E-state index contributed by atoms with van der Waals surface area (Å²) in [6.07, 6.45) is 7.43. The zero-order valence-electron chi connectivity index (χ0n) is 16.0. The van der Waals surface area contributed by atoms with Gasteiger partial charge in [-0.25, -0.2) is 9.50 Å². The van der Waals surface area contributed by atoms with Crippen LogP contribution in [0.5, 0.6) is 0 Å². The molecular formula is C20H26N6O. The summed E-state index contributed by atoms with van der Waals surface area (Å²) in [5.41, 5.74) is 3.91. The molecule has 1 aliphatic carbocycles. The summed E-state index contributed by atoms with van der Waals surface area (Å²) >= 11 is 0. The van der Waals surface area contributed by atoms with E-state index in [1.165, 1.54) is 12.8 Å². The molecule has 2 aromatic heterocycles. The molecule has 0 atom stereocenters. The van der Waals surface area contributed by atoms with Gasteiger partial charge in [0.15, 0.2) is 5.65 Å². The predicted octanol–water partition coefficient (Wildman–Crippen LogP) is 1.89. The number of likely N-dealkylation sites (tertiary alicyclic amines) is 1. The lowest BCUT2D eigenvalue weighted by Gasteiger charge is -2.32. The zero-order chi connectivity index (χ0) is 19.0. The van der Waals surface area contributed by atoms with Crippen LogP contribution in [0.3, 0.4) is 0 Å². The molecule has 7 heteroatoms. The molecule has 1 aliphatic heterocycles. The summed E-state index contributed by atoms with van der Waals surface area (Å²) in [7, 11) is 0. The van der Waals surface area contributed by atoms with Crippen LogP contribution in [0.15, 0.2) is 6.20 Å². The third-order valence-corrected chi connectivity index (χ3v) is 5.89. The van der Waals surface area contributed by atoms with E-state index >= 15 is 0 Å². The van der Waals surface area contributed by atoms with Crippen LogP contribution in [0.2, 0.25) is 0 Å². The van der Waals surface area contributed by atoms with E-state index in [4.69, 9.17) is 5.26 Å². The SMILES string of the molecule is Cc1nc2c(C#N)cnn2c(C)c1CCC(=O)NC1CCN(C2CC2)CC1. The fraction of sp³-hybridized carbons (Fsp3) is 0.600. The number of aromatic nitrogens is 3.